The van der Waals surface area contributed by atoms with E-state index in [0.717, 1.165) is 12.8 Å². The minimum Gasteiger partial charge on any atom is -0.478 e. The van der Waals surface area contributed by atoms with E-state index in [1.807, 2.05) is 0 Å². The van der Waals surface area contributed by atoms with E-state index in [1.165, 1.54) is 19.3 Å². The van der Waals surface area contributed by atoms with E-state index in [2.05, 4.69) is 0 Å². The molecule has 1 saturated heterocycles. The summed E-state index contributed by atoms with van der Waals surface area (Å²) in [6.07, 6.45) is 2.25. The summed E-state index contributed by atoms with van der Waals surface area (Å²) in [7, 11) is 2.85. The number of methoxy groups -OCH3 is 1. The molecule has 0 radical (unpaired) electrons. The van der Waals surface area contributed by atoms with Crippen molar-refractivity contribution in [3.8, 4) is 0 Å². The Morgan fingerprint density at radius 1 is 1.46 bits per heavy atom. The number of hydrogen-bond acceptors (Lipinski definition) is 4. The van der Waals surface area contributed by atoms with Crippen LogP contribution in [0.5, 0.6) is 0 Å². The smallest absolute Gasteiger partial charge is 0.353 e. The van der Waals surface area contributed by atoms with Crippen molar-refractivity contribution in [3.63, 3.8) is 0 Å². The second-order valence-corrected chi connectivity index (χ2v) is 3.04. The number of rotatable bonds is 3. The van der Waals surface area contributed by atoms with Gasteiger partial charge in [0.25, 0.3) is 0 Å². The Kier molecular flexibility index (Phi) is 3.24. The molecule has 1 heterocycles. The van der Waals surface area contributed by atoms with Gasteiger partial charge in [-0.1, -0.05) is 0 Å². The third-order valence-electron chi connectivity index (χ3n) is 2.42. The fourth-order valence-corrected chi connectivity index (χ4v) is 1.67. The van der Waals surface area contributed by atoms with E-state index >= 15 is 0 Å². The highest BCUT2D eigenvalue weighted by atomic mass is 16.7. The van der Waals surface area contributed by atoms with Gasteiger partial charge >= 0.3 is 5.97 Å². The minimum atomic E-state index is -1.28. The number of hydrogen-bond donors (Lipinski definition) is 1. The number of carboxylic acid groups (broad SMARTS) is 1. The first-order valence-electron chi connectivity index (χ1n) is 4.27. The van der Waals surface area contributed by atoms with Crippen LogP contribution in [0.25, 0.3) is 0 Å². The maximum Gasteiger partial charge on any atom is 0.353 e. The van der Waals surface area contributed by atoms with Crippen LogP contribution in [0.15, 0.2) is 0 Å². The average molecular weight is 189 g/mol. The summed E-state index contributed by atoms with van der Waals surface area (Å²) in [6, 6.07) is 0. The van der Waals surface area contributed by atoms with E-state index in [4.69, 9.17) is 14.7 Å². The monoisotopic (exact) mass is 189 g/mol. The quantitative estimate of drug-likeness (QED) is 0.699. The molecule has 0 amide bonds. The van der Waals surface area contributed by atoms with Crippen LogP contribution in [0, 0.1) is 0 Å². The number of piperidine rings is 1. The summed E-state index contributed by atoms with van der Waals surface area (Å²) < 4.78 is 5.05. The van der Waals surface area contributed by atoms with Gasteiger partial charge in [0.05, 0.1) is 7.11 Å². The molecule has 0 aromatic heterocycles. The number of carbonyl (C=O) groups is 1. The molecule has 1 aliphatic rings. The summed E-state index contributed by atoms with van der Waals surface area (Å²) in [5.41, 5.74) is -1.28. The van der Waals surface area contributed by atoms with Crippen LogP contribution in [-0.4, -0.2) is 42.6 Å². The Balaban J connectivity index is 2.84. The van der Waals surface area contributed by atoms with E-state index < -0.39 is 11.7 Å². The van der Waals surface area contributed by atoms with E-state index in [9.17, 15) is 4.79 Å². The molecule has 0 spiro atoms. The normalized spacial score (nSPS) is 30.3. The lowest BCUT2D eigenvalue weighted by Gasteiger charge is -2.40. The maximum atomic E-state index is 11.0. The Morgan fingerprint density at radius 2 is 2.15 bits per heavy atom. The zero-order valence-corrected chi connectivity index (χ0v) is 7.95. The second kappa shape index (κ2) is 4.04. The largest absolute Gasteiger partial charge is 0.478 e. The highest BCUT2D eigenvalue weighted by Crippen LogP contribution is 2.28. The number of hydroxylamine groups is 2. The number of nitrogens with zero attached hydrogens (tertiary/aromatic N) is 1. The predicted octanol–water partition coefficient (Wildman–Crippen LogP) is 0.461. The second-order valence-electron chi connectivity index (χ2n) is 3.04. The molecule has 0 bridgehead atoms. The van der Waals surface area contributed by atoms with Crippen molar-refractivity contribution < 1.29 is 19.5 Å². The Labute approximate surface area is 77.2 Å². The van der Waals surface area contributed by atoms with Gasteiger partial charge in [0, 0.05) is 20.1 Å². The van der Waals surface area contributed by atoms with E-state index in [1.54, 1.807) is 0 Å². The van der Waals surface area contributed by atoms with Gasteiger partial charge in [-0.2, -0.15) is 0 Å². The molecule has 0 aromatic carbocycles. The van der Waals surface area contributed by atoms with Crippen LogP contribution >= 0.6 is 0 Å². The molecular weight excluding hydrogens is 174 g/mol. The van der Waals surface area contributed by atoms with Gasteiger partial charge in [-0.05, 0) is 12.8 Å². The lowest BCUT2D eigenvalue weighted by atomic mass is 10.0. The Hall–Kier alpha value is -0.650. The highest BCUT2D eigenvalue weighted by Gasteiger charge is 2.47. The number of carboxylic acids is 1. The lowest BCUT2D eigenvalue weighted by Crippen LogP contribution is -2.57. The minimum absolute atomic E-state index is 0.465. The van der Waals surface area contributed by atoms with Crippen molar-refractivity contribution >= 4 is 5.97 Å². The molecule has 1 unspecified atom stereocenters. The van der Waals surface area contributed by atoms with Crippen LogP contribution in [0.2, 0.25) is 0 Å². The van der Waals surface area contributed by atoms with Crippen LogP contribution in [0.1, 0.15) is 19.3 Å². The topological polar surface area (TPSA) is 59.0 Å². The van der Waals surface area contributed by atoms with Gasteiger partial charge in [-0.15, -0.1) is 5.06 Å². The summed E-state index contributed by atoms with van der Waals surface area (Å²) in [6.45, 7) is 0.594. The molecule has 1 aliphatic heterocycles. The van der Waals surface area contributed by atoms with Crippen LogP contribution in [0.3, 0.4) is 0 Å². The summed E-state index contributed by atoms with van der Waals surface area (Å²) in [4.78, 5) is 16.0. The predicted molar refractivity (Wildman–Crippen MR) is 44.9 cm³/mol. The Morgan fingerprint density at radius 3 is 2.54 bits per heavy atom. The van der Waals surface area contributed by atoms with Crippen LogP contribution in [-0.2, 0) is 14.4 Å². The molecule has 0 saturated carbocycles. The number of ether oxygens (including phenoxy) is 1. The molecule has 0 aliphatic carbocycles. The summed E-state index contributed by atoms with van der Waals surface area (Å²) >= 11 is 0. The maximum absolute atomic E-state index is 11.0. The molecule has 1 atom stereocenters. The van der Waals surface area contributed by atoms with Gasteiger partial charge < -0.3 is 9.84 Å². The molecule has 1 fully saturated rings. The van der Waals surface area contributed by atoms with Gasteiger partial charge in [0.15, 0.2) is 0 Å². The first-order valence-corrected chi connectivity index (χ1v) is 4.27. The van der Waals surface area contributed by atoms with Crippen molar-refractivity contribution in [1.29, 1.82) is 0 Å². The van der Waals surface area contributed by atoms with E-state index in [-0.39, 0.29) is 0 Å². The molecule has 0 aromatic rings. The van der Waals surface area contributed by atoms with Gasteiger partial charge in [0.1, 0.15) is 0 Å². The van der Waals surface area contributed by atoms with Crippen molar-refractivity contribution in [2.24, 2.45) is 0 Å². The zero-order valence-electron chi connectivity index (χ0n) is 7.95. The molecule has 76 valence electrons. The molecule has 5 nitrogen and oxygen atoms in total. The third-order valence-corrected chi connectivity index (χ3v) is 2.42. The molecule has 13 heavy (non-hydrogen) atoms. The van der Waals surface area contributed by atoms with Crippen molar-refractivity contribution in [1.82, 2.24) is 5.06 Å². The van der Waals surface area contributed by atoms with Gasteiger partial charge in [-0.3, -0.25) is 4.84 Å². The third kappa shape index (κ3) is 1.67. The summed E-state index contributed by atoms with van der Waals surface area (Å²) in [5.74, 6) is -0.989. The van der Waals surface area contributed by atoms with Crippen molar-refractivity contribution in [2.75, 3.05) is 20.8 Å². The van der Waals surface area contributed by atoms with Gasteiger partial charge in [-0.25, -0.2) is 4.79 Å². The Bertz CT molecular complexity index is 197. The first kappa shape index (κ1) is 10.4. The molecular formula is C8H15NO4. The van der Waals surface area contributed by atoms with Crippen molar-refractivity contribution in [2.45, 2.75) is 25.0 Å². The molecule has 1 N–H and O–H groups in total. The standard InChI is InChI=1S/C8H15NO4/c1-12-8(7(10)11)5-3-4-6-9(8)13-2/h3-6H2,1-2H3,(H,10,11). The molecule has 1 rings (SSSR count). The summed E-state index contributed by atoms with van der Waals surface area (Å²) in [5, 5.41) is 10.4. The average Bonchev–Trinajstić information content (AvgIpc) is 2.17. The first-order chi connectivity index (χ1) is 6.17. The molecule has 5 heteroatoms. The highest BCUT2D eigenvalue weighted by molar-refractivity contribution is 5.76. The lowest BCUT2D eigenvalue weighted by molar-refractivity contribution is -0.296. The van der Waals surface area contributed by atoms with Crippen LogP contribution in [0.4, 0.5) is 0 Å². The SMILES string of the molecule is CON1CCCCC1(OC)C(=O)O. The fraction of sp³-hybridized carbons (Fsp3) is 0.875. The fourth-order valence-electron chi connectivity index (χ4n) is 1.67. The van der Waals surface area contributed by atoms with Crippen LogP contribution < -0.4 is 0 Å². The van der Waals surface area contributed by atoms with Crippen molar-refractivity contribution in [3.05, 3.63) is 0 Å². The van der Waals surface area contributed by atoms with Gasteiger partial charge in [0.2, 0.25) is 5.72 Å². The number of aliphatic carboxylic acids is 1. The van der Waals surface area contributed by atoms with E-state index in [0.29, 0.717) is 13.0 Å². The zero-order chi connectivity index (χ0) is 9.90.